The Morgan fingerprint density at radius 3 is 2.68 bits per heavy atom. The quantitative estimate of drug-likeness (QED) is 0.920. The van der Waals surface area contributed by atoms with Crippen molar-refractivity contribution in [2.24, 2.45) is 0 Å². The molecule has 1 heterocycles. The number of carbonyl (C=O) groups is 1. The Hall–Kier alpha value is -1.06. The zero-order valence-corrected chi connectivity index (χ0v) is 11.6. The molecule has 3 nitrogen and oxygen atoms in total. The summed E-state index contributed by atoms with van der Waals surface area (Å²) in [4.78, 5) is 12.4. The number of hydrogen-bond donors (Lipinski definition) is 1. The number of amides is 1. The van der Waals surface area contributed by atoms with Crippen LogP contribution in [0.5, 0.6) is 0 Å². The SMILES string of the molecule is O=C(NCC1CCCO1)C1(c2ccc(Cl)cc2)CC1. The molecule has 1 aliphatic carbocycles. The number of hydrogen-bond acceptors (Lipinski definition) is 2. The van der Waals surface area contributed by atoms with Crippen LogP contribution in [-0.4, -0.2) is 25.2 Å². The summed E-state index contributed by atoms with van der Waals surface area (Å²) in [5, 5.41) is 3.75. The first kappa shape index (κ1) is 12.9. The highest BCUT2D eigenvalue weighted by molar-refractivity contribution is 6.30. The van der Waals surface area contributed by atoms with Crippen molar-refractivity contribution in [3.05, 3.63) is 34.9 Å². The molecule has 2 fully saturated rings. The third-order valence-corrected chi connectivity index (χ3v) is 4.35. The number of carbonyl (C=O) groups excluding carboxylic acids is 1. The summed E-state index contributed by atoms with van der Waals surface area (Å²) in [6.45, 7) is 1.46. The molecule has 1 unspecified atom stereocenters. The first-order valence-electron chi connectivity index (χ1n) is 6.87. The Morgan fingerprint density at radius 1 is 1.37 bits per heavy atom. The molecule has 1 saturated carbocycles. The van der Waals surface area contributed by atoms with Crippen molar-refractivity contribution in [1.82, 2.24) is 5.32 Å². The molecule has 1 aromatic rings. The molecule has 0 aromatic heterocycles. The Morgan fingerprint density at radius 2 is 2.11 bits per heavy atom. The lowest BCUT2D eigenvalue weighted by atomic mass is 9.95. The van der Waals surface area contributed by atoms with Crippen molar-refractivity contribution in [1.29, 1.82) is 0 Å². The van der Waals surface area contributed by atoms with Crippen molar-refractivity contribution >= 4 is 17.5 Å². The van der Waals surface area contributed by atoms with Gasteiger partial charge < -0.3 is 10.1 Å². The van der Waals surface area contributed by atoms with Gasteiger partial charge in [0.1, 0.15) is 0 Å². The van der Waals surface area contributed by atoms with Crippen molar-refractivity contribution in [2.45, 2.75) is 37.2 Å². The number of nitrogens with one attached hydrogen (secondary N) is 1. The first-order valence-corrected chi connectivity index (χ1v) is 7.24. The van der Waals surface area contributed by atoms with E-state index >= 15 is 0 Å². The smallest absolute Gasteiger partial charge is 0.230 e. The topological polar surface area (TPSA) is 38.3 Å². The highest BCUT2D eigenvalue weighted by Gasteiger charge is 2.51. The lowest BCUT2D eigenvalue weighted by molar-refractivity contribution is -0.124. The maximum Gasteiger partial charge on any atom is 0.230 e. The highest BCUT2D eigenvalue weighted by Crippen LogP contribution is 2.48. The van der Waals surface area contributed by atoms with E-state index in [-0.39, 0.29) is 17.4 Å². The summed E-state index contributed by atoms with van der Waals surface area (Å²) in [5.41, 5.74) is 0.755. The monoisotopic (exact) mass is 279 g/mol. The summed E-state index contributed by atoms with van der Waals surface area (Å²) >= 11 is 5.89. The molecule has 102 valence electrons. The minimum Gasteiger partial charge on any atom is -0.376 e. The zero-order chi connectivity index (χ0) is 13.3. The van der Waals surface area contributed by atoms with Crippen molar-refractivity contribution in [2.75, 3.05) is 13.2 Å². The third kappa shape index (κ3) is 2.63. The van der Waals surface area contributed by atoms with E-state index in [1.165, 1.54) is 0 Å². The second-order valence-electron chi connectivity index (χ2n) is 5.43. The average Bonchev–Trinajstić information content (AvgIpc) is 3.07. The van der Waals surface area contributed by atoms with E-state index in [4.69, 9.17) is 16.3 Å². The van der Waals surface area contributed by atoms with Crippen molar-refractivity contribution < 1.29 is 9.53 Å². The van der Waals surface area contributed by atoms with Crippen LogP contribution in [0, 0.1) is 0 Å². The van der Waals surface area contributed by atoms with Crippen LogP contribution in [0.15, 0.2) is 24.3 Å². The van der Waals surface area contributed by atoms with E-state index in [1.807, 2.05) is 24.3 Å². The maximum atomic E-state index is 12.4. The van der Waals surface area contributed by atoms with Gasteiger partial charge in [0.2, 0.25) is 5.91 Å². The van der Waals surface area contributed by atoms with Crippen LogP contribution in [0.25, 0.3) is 0 Å². The molecule has 1 atom stereocenters. The summed E-state index contributed by atoms with van der Waals surface area (Å²) in [6, 6.07) is 7.62. The van der Waals surface area contributed by atoms with Crippen LogP contribution in [0.3, 0.4) is 0 Å². The van der Waals surface area contributed by atoms with E-state index in [0.29, 0.717) is 11.6 Å². The average molecular weight is 280 g/mol. The lowest BCUT2D eigenvalue weighted by Crippen LogP contribution is -2.39. The Balaban J connectivity index is 1.63. The summed E-state index contributed by atoms with van der Waals surface area (Å²) in [6.07, 6.45) is 4.19. The van der Waals surface area contributed by atoms with Crippen LogP contribution in [0.2, 0.25) is 5.02 Å². The number of ether oxygens (including phenoxy) is 1. The minimum absolute atomic E-state index is 0.130. The Bertz CT molecular complexity index is 462. The molecular formula is C15H18ClNO2. The van der Waals surface area contributed by atoms with Gasteiger partial charge >= 0.3 is 0 Å². The molecule has 1 N–H and O–H groups in total. The lowest BCUT2D eigenvalue weighted by Gasteiger charge is -2.17. The van der Waals surface area contributed by atoms with Crippen LogP contribution in [-0.2, 0) is 14.9 Å². The molecule has 0 spiro atoms. The van der Waals surface area contributed by atoms with Crippen LogP contribution in [0.1, 0.15) is 31.2 Å². The molecule has 1 saturated heterocycles. The van der Waals surface area contributed by atoms with Gasteiger partial charge in [-0.15, -0.1) is 0 Å². The van der Waals surface area contributed by atoms with Crippen LogP contribution in [0.4, 0.5) is 0 Å². The van der Waals surface area contributed by atoms with E-state index in [1.54, 1.807) is 0 Å². The van der Waals surface area contributed by atoms with E-state index in [9.17, 15) is 4.79 Å². The summed E-state index contributed by atoms with van der Waals surface area (Å²) in [5.74, 6) is 0.130. The molecule has 1 aromatic carbocycles. The van der Waals surface area contributed by atoms with Gasteiger partial charge in [-0.3, -0.25) is 4.79 Å². The molecule has 0 bridgehead atoms. The normalized spacial score (nSPS) is 24.2. The van der Waals surface area contributed by atoms with E-state index < -0.39 is 0 Å². The first-order chi connectivity index (χ1) is 9.21. The predicted octanol–water partition coefficient (Wildman–Crippen LogP) is 2.67. The molecule has 2 aliphatic rings. The largest absolute Gasteiger partial charge is 0.376 e. The third-order valence-electron chi connectivity index (χ3n) is 4.10. The molecule has 3 rings (SSSR count). The molecule has 19 heavy (non-hydrogen) atoms. The fraction of sp³-hybridized carbons (Fsp3) is 0.533. The summed E-state index contributed by atoms with van der Waals surface area (Å²) in [7, 11) is 0. The Labute approximate surface area is 118 Å². The highest BCUT2D eigenvalue weighted by atomic mass is 35.5. The predicted molar refractivity (Wildman–Crippen MR) is 74.3 cm³/mol. The number of benzene rings is 1. The fourth-order valence-electron chi connectivity index (χ4n) is 2.72. The van der Waals surface area contributed by atoms with E-state index in [0.717, 1.165) is 37.9 Å². The molecular weight excluding hydrogens is 262 g/mol. The number of rotatable bonds is 4. The fourth-order valence-corrected chi connectivity index (χ4v) is 2.85. The molecule has 1 aliphatic heterocycles. The minimum atomic E-state index is -0.316. The van der Waals surface area contributed by atoms with E-state index in [2.05, 4.69) is 5.32 Å². The van der Waals surface area contributed by atoms with Crippen molar-refractivity contribution in [3.8, 4) is 0 Å². The number of halogens is 1. The standard InChI is InChI=1S/C15H18ClNO2/c16-12-5-3-11(4-6-12)15(7-8-15)14(18)17-10-13-2-1-9-19-13/h3-6,13H,1-2,7-10H2,(H,17,18). The van der Waals surface area contributed by atoms with Crippen LogP contribution >= 0.6 is 11.6 Å². The van der Waals surface area contributed by atoms with Gasteiger partial charge in [0, 0.05) is 18.2 Å². The molecule has 4 heteroatoms. The zero-order valence-electron chi connectivity index (χ0n) is 10.8. The van der Waals surface area contributed by atoms with Gasteiger partial charge in [-0.2, -0.15) is 0 Å². The molecule has 0 radical (unpaired) electrons. The van der Waals surface area contributed by atoms with Gasteiger partial charge in [0.15, 0.2) is 0 Å². The van der Waals surface area contributed by atoms with Gasteiger partial charge in [-0.25, -0.2) is 0 Å². The van der Waals surface area contributed by atoms with Gasteiger partial charge in [0.25, 0.3) is 0 Å². The second kappa shape index (κ2) is 5.14. The second-order valence-corrected chi connectivity index (χ2v) is 5.87. The molecule has 1 amide bonds. The maximum absolute atomic E-state index is 12.4. The van der Waals surface area contributed by atoms with Crippen LogP contribution < -0.4 is 5.32 Å². The van der Waals surface area contributed by atoms with Gasteiger partial charge in [0.05, 0.1) is 11.5 Å². The summed E-state index contributed by atoms with van der Waals surface area (Å²) < 4.78 is 5.53. The Kier molecular flexibility index (Phi) is 3.50. The van der Waals surface area contributed by atoms with Gasteiger partial charge in [-0.1, -0.05) is 23.7 Å². The van der Waals surface area contributed by atoms with Gasteiger partial charge in [-0.05, 0) is 43.4 Å². The van der Waals surface area contributed by atoms with Crippen molar-refractivity contribution in [3.63, 3.8) is 0 Å².